The van der Waals surface area contributed by atoms with Gasteiger partial charge in [-0.15, -0.1) is 11.3 Å². The molecule has 3 aromatic carbocycles. The Kier molecular flexibility index (Phi) is 8.35. The van der Waals surface area contributed by atoms with Gasteiger partial charge in [-0.1, -0.05) is 72.4 Å². The average molecular weight is 571 g/mol. The lowest BCUT2D eigenvalue weighted by Gasteiger charge is -2.23. The predicted molar refractivity (Wildman–Crippen MR) is 154 cm³/mol. The lowest BCUT2D eigenvalue weighted by atomic mass is 9.95. The third-order valence-electron chi connectivity index (χ3n) is 6.33. The van der Waals surface area contributed by atoms with Gasteiger partial charge >= 0.3 is 0 Å². The summed E-state index contributed by atoms with van der Waals surface area (Å²) < 4.78 is 1.90. The molecule has 1 saturated carbocycles. The van der Waals surface area contributed by atoms with Crippen molar-refractivity contribution in [2.75, 3.05) is 5.32 Å². The van der Waals surface area contributed by atoms with Crippen LogP contribution in [0.1, 0.15) is 58.4 Å². The van der Waals surface area contributed by atoms with Crippen LogP contribution in [0.15, 0.2) is 65.0 Å². The third kappa shape index (κ3) is 6.47. The number of aromatic nitrogens is 1. The largest absolute Gasteiger partial charge is 0.349 e. The van der Waals surface area contributed by atoms with Crippen molar-refractivity contribution in [2.45, 2.75) is 48.2 Å². The first-order valence-electron chi connectivity index (χ1n) is 12.1. The van der Waals surface area contributed by atoms with Gasteiger partial charge in [-0.05, 0) is 60.9 Å². The molecule has 0 radical (unpaired) electrons. The normalized spacial score (nSPS) is 14.0. The molecule has 5 rings (SSSR count). The smallest absolute Gasteiger partial charge is 0.256 e. The summed E-state index contributed by atoms with van der Waals surface area (Å²) in [6.07, 6.45) is 5.45. The summed E-state index contributed by atoms with van der Waals surface area (Å²) in [6.45, 7) is 0. The van der Waals surface area contributed by atoms with E-state index in [0.29, 0.717) is 26.9 Å². The minimum absolute atomic E-state index is 0.176. The fraction of sp³-hybridized carbons (Fsp3) is 0.250. The molecule has 190 valence electrons. The van der Waals surface area contributed by atoms with Crippen LogP contribution in [0.3, 0.4) is 0 Å². The highest BCUT2D eigenvalue weighted by molar-refractivity contribution is 8.00. The number of benzene rings is 3. The number of nitrogens with one attached hydrogen (secondary N) is 2. The number of fused-ring (bicyclic) bond motifs is 1. The number of amides is 2. The van der Waals surface area contributed by atoms with E-state index in [2.05, 4.69) is 10.6 Å². The first-order chi connectivity index (χ1) is 18.0. The quantitative estimate of drug-likeness (QED) is 0.220. The molecule has 0 spiro atoms. The molecule has 0 atom stereocenters. The van der Waals surface area contributed by atoms with Gasteiger partial charge in [0.05, 0.1) is 31.4 Å². The lowest BCUT2D eigenvalue weighted by Crippen LogP contribution is -2.37. The molecule has 5 nitrogen and oxygen atoms in total. The first-order valence-corrected chi connectivity index (χ1v) is 14.7. The van der Waals surface area contributed by atoms with Crippen molar-refractivity contribution in [2.24, 2.45) is 0 Å². The summed E-state index contributed by atoms with van der Waals surface area (Å²) in [5, 5.41) is 7.14. The van der Waals surface area contributed by atoms with Crippen molar-refractivity contribution in [3.63, 3.8) is 0 Å². The zero-order valence-corrected chi connectivity index (χ0v) is 23.1. The number of carbonyl (C=O) groups excluding carboxylic acids is 2. The number of carbonyl (C=O) groups is 2. The molecule has 0 unspecified atom stereocenters. The van der Waals surface area contributed by atoms with Crippen molar-refractivity contribution in [1.29, 1.82) is 0 Å². The number of thioether (sulfide) groups is 1. The summed E-state index contributed by atoms with van der Waals surface area (Å²) in [5.74, 6) is 0.215. The van der Waals surface area contributed by atoms with Gasteiger partial charge in [-0.25, -0.2) is 4.98 Å². The van der Waals surface area contributed by atoms with Crippen LogP contribution < -0.4 is 10.6 Å². The molecule has 1 aliphatic rings. The van der Waals surface area contributed by atoms with Crippen LogP contribution >= 0.6 is 46.3 Å². The Morgan fingerprint density at radius 3 is 2.43 bits per heavy atom. The van der Waals surface area contributed by atoms with E-state index in [-0.39, 0.29) is 17.9 Å². The summed E-state index contributed by atoms with van der Waals surface area (Å²) in [7, 11) is 0. The van der Waals surface area contributed by atoms with E-state index in [1.165, 1.54) is 6.42 Å². The molecule has 0 bridgehead atoms. The lowest BCUT2D eigenvalue weighted by molar-refractivity contribution is 0.0917. The van der Waals surface area contributed by atoms with E-state index in [4.69, 9.17) is 28.2 Å². The monoisotopic (exact) mass is 569 g/mol. The maximum absolute atomic E-state index is 13.2. The number of rotatable bonds is 7. The van der Waals surface area contributed by atoms with Gasteiger partial charge in [0.2, 0.25) is 0 Å². The average Bonchev–Trinajstić information content (AvgIpc) is 3.32. The predicted octanol–water partition coefficient (Wildman–Crippen LogP) is 8.21. The number of halogens is 2. The van der Waals surface area contributed by atoms with Crippen LogP contribution in [0.5, 0.6) is 0 Å². The van der Waals surface area contributed by atoms with Gasteiger partial charge in [0, 0.05) is 17.5 Å². The Bertz CT molecular complexity index is 1450. The fourth-order valence-electron chi connectivity index (χ4n) is 4.41. The van der Waals surface area contributed by atoms with Crippen LogP contribution in [-0.4, -0.2) is 22.8 Å². The fourth-order valence-corrected chi connectivity index (χ4v) is 6.78. The number of hydrogen-bond acceptors (Lipinski definition) is 5. The minimum Gasteiger partial charge on any atom is -0.349 e. The molecule has 1 aliphatic carbocycles. The number of anilines is 1. The molecule has 0 saturated heterocycles. The van der Waals surface area contributed by atoms with Gasteiger partial charge in [0.15, 0.2) is 4.34 Å². The first kappa shape index (κ1) is 26.0. The molecule has 2 amide bonds. The Morgan fingerprint density at radius 2 is 1.68 bits per heavy atom. The SMILES string of the molecule is O=C(Nc1ccc2nc(SCc3ccc(Cl)c(Cl)c3)sc2c1)c1ccccc1C(=O)NC1CCCCC1. The van der Waals surface area contributed by atoms with E-state index in [9.17, 15) is 9.59 Å². The van der Waals surface area contributed by atoms with Crippen molar-refractivity contribution in [3.05, 3.63) is 87.4 Å². The van der Waals surface area contributed by atoms with Crippen molar-refractivity contribution in [1.82, 2.24) is 10.3 Å². The molecule has 37 heavy (non-hydrogen) atoms. The van der Waals surface area contributed by atoms with Crippen LogP contribution in [-0.2, 0) is 5.75 Å². The van der Waals surface area contributed by atoms with Gasteiger partial charge in [0.25, 0.3) is 11.8 Å². The van der Waals surface area contributed by atoms with Crippen LogP contribution in [0, 0.1) is 0 Å². The molecule has 1 aromatic heterocycles. The molecule has 4 aromatic rings. The molecule has 1 heterocycles. The van der Waals surface area contributed by atoms with Gasteiger partial charge in [0.1, 0.15) is 0 Å². The zero-order valence-electron chi connectivity index (χ0n) is 19.9. The molecular formula is C28H25Cl2N3O2S2. The van der Waals surface area contributed by atoms with Crippen molar-refractivity contribution < 1.29 is 9.59 Å². The number of hydrogen-bond donors (Lipinski definition) is 2. The molecular weight excluding hydrogens is 545 g/mol. The van der Waals surface area contributed by atoms with E-state index in [1.807, 2.05) is 30.3 Å². The summed E-state index contributed by atoms with van der Waals surface area (Å²) in [5.41, 5.74) is 3.35. The maximum Gasteiger partial charge on any atom is 0.256 e. The standard InChI is InChI=1S/C28H25Cl2N3O2S2/c29-22-12-10-17(14-23(22)30)16-36-28-33-24-13-11-19(15-25(24)37-28)32-27(35)21-9-5-4-8-20(21)26(34)31-18-6-2-1-3-7-18/h4-5,8-15,18H,1-3,6-7,16H2,(H,31,34)(H,32,35). The van der Waals surface area contributed by atoms with Crippen LogP contribution in [0.2, 0.25) is 10.0 Å². The summed E-state index contributed by atoms with van der Waals surface area (Å²) in [4.78, 5) is 30.8. The Labute approximate surface area is 234 Å². The van der Waals surface area contributed by atoms with E-state index in [0.717, 1.165) is 51.6 Å². The molecule has 0 aliphatic heterocycles. The third-order valence-corrected chi connectivity index (χ3v) is 9.30. The summed E-state index contributed by atoms with van der Waals surface area (Å²) in [6, 6.07) is 18.4. The second-order valence-corrected chi connectivity index (χ2v) is 12.1. The van der Waals surface area contributed by atoms with E-state index in [1.54, 1.807) is 53.4 Å². The Balaban J connectivity index is 1.26. The molecule has 1 fully saturated rings. The Morgan fingerprint density at radius 1 is 0.919 bits per heavy atom. The highest BCUT2D eigenvalue weighted by Gasteiger charge is 2.21. The highest BCUT2D eigenvalue weighted by atomic mass is 35.5. The second-order valence-electron chi connectivity index (χ2n) is 9.01. The van der Waals surface area contributed by atoms with Crippen LogP contribution in [0.4, 0.5) is 5.69 Å². The highest BCUT2D eigenvalue weighted by Crippen LogP contribution is 2.34. The Hall–Kier alpha value is -2.58. The molecule has 9 heteroatoms. The second kappa shape index (κ2) is 11.9. The van der Waals surface area contributed by atoms with E-state index < -0.39 is 0 Å². The van der Waals surface area contributed by atoms with Gasteiger partial charge in [-0.3, -0.25) is 9.59 Å². The van der Waals surface area contributed by atoms with Crippen molar-refractivity contribution >= 4 is 74.0 Å². The van der Waals surface area contributed by atoms with Gasteiger partial charge in [-0.2, -0.15) is 0 Å². The molecule has 2 N–H and O–H groups in total. The van der Waals surface area contributed by atoms with Gasteiger partial charge < -0.3 is 10.6 Å². The number of thiazole rings is 1. The summed E-state index contributed by atoms with van der Waals surface area (Å²) >= 11 is 15.3. The van der Waals surface area contributed by atoms with E-state index >= 15 is 0 Å². The zero-order chi connectivity index (χ0) is 25.8. The number of nitrogens with zero attached hydrogens (tertiary/aromatic N) is 1. The van der Waals surface area contributed by atoms with Crippen LogP contribution in [0.25, 0.3) is 10.2 Å². The maximum atomic E-state index is 13.2. The topological polar surface area (TPSA) is 71.1 Å². The van der Waals surface area contributed by atoms with Crippen molar-refractivity contribution in [3.8, 4) is 0 Å². The minimum atomic E-state index is -0.313.